The summed E-state index contributed by atoms with van der Waals surface area (Å²) in [4.78, 5) is 16.0. The van der Waals surface area contributed by atoms with Crippen molar-refractivity contribution in [2.24, 2.45) is 0 Å². The largest absolute Gasteiger partial charge is 0.365 e. The van der Waals surface area contributed by atoms with Crippen LogP contribution in [0.5, 0.6) is 0 Å². The molecule has 1 N–H and O–H groups in total. The molecule has 2 heterocycles. The van der Waals surface area contributed by atoms with E-state index in [4.69, 9.17) is 11.6 Å². The maximum atomic E-state index is 10.5. The lowest BCUT2D eigenvalue weighted by Gasteiger charge is -2.16. The molecule has 1 aliphatic rings. The van der Waals surface area contributed by atoms with E-state index in [1.807, 2.05) is 11.0 Å². The van der Waals surface area contributed by atoms with Crippen LogP contribution < -0.4 is 5.32 Å². The predicted octanol–water partition coefficient (Wildman–Crippen LogP) is 1.26. The molecule has 0 spiro atoms. The molecule has 1 saturated heterocycles. The molecule has 7 heteroatoms. The quantitative estimate of drug-likeness (QED) is 0.506. The van der Waals surface area contributed by atoms with E-state index in [9.17, 15) is 10.1 Å². The van der Waals surface area contributed by atoms with Crippen molar-refractivity contribution in [3.63, 3.8) is 0 Å². The van der Waals surface area contributed by atoms with E-state index in [1.165, 1.54) is 0 Å². The van der Waals surface area contributed by atoms with Gasteiger partial charge in [-0.2, -0.15) is 0 Å². The molecule has 0 amide bonds. The van der Waals surface area contributed by atoms with Crippen molar-refractivity contribution in [1.29, 1.82) is 0 Å². The lowest BCUT2D eigenvalue weighted by Crippen LogP contribution is -2.23. The van der Waals surface area contributed by atoms with Gasteiger partial charge in [-0.15, -0.1) is 0 Å². The highest BCUT2D eigenvalue weighted by Gasteiger charge is 2.18. The third-order valence-electron chi connectivity index (χ3n) is 2.72. The summed E-state index contributed by atoms with van der Waals surface area (Å²) in [6, 6.07) is 3.66. The molecular weight excluding hydrogens is 256 g/mol. The zero-order valence-corrected chi connectivity index (χ0v) is 10.4. The number of nitro groups is 1. The second kappa shape index (κ2) is 5.68. The van der Waals surface area contributed by atoms with Crippen LogP contribution in [0, 0.1) is 10.1 Å². The smallest absolute Gasteiger partial charge is 0.274 e. The average Bonchev–Trinajstić information content (AvgIpc) is 2.75. The van der Waals surface area contributed by atoms with Crippen molar-refractivity contribution in [1.82, 2.24) is 15.2 Å². The first-order valence-electron chi connectivity index (χ1n) is 5.60. The first-order valence-corrected chi connectivity index (χ1v) is 5.97. The Labute approximate surface area is 109 Å². The number of nitrogens with one attached hydrogen (secondary N) is 1. The summed E-state index contributed by atoms with van der Waals surface area (Å²) in [6.45, 7) is 2.23. The number of nitrogens with zero attached hydrogens (tertiary/aromatic N) is 3. The Hall–Kier alpha value is -1.82. The van der Waals surface area contributed by atoms with Gasteiger partial charge in [-0.3, -0.25) is 10.1 Å². The Balaban J connectivity index is 1.93. The van der Waals surface area contributed by atoms with E-state index < -0.39 is 4.92 Å². The molecule has 0 saturated carbocycles. The maximum absolute atomic E-state index is 10.5. The molecule has 0 unspecified atom stereocenters. The summed E-state index contributed by atoms with van der Waals surface area (Å²) in [5.41, 5.74) is 1.06. The van der Waals surface area contributed by atoms with Crippen LogP contribution in [-0.2, 0) is 6.42 Å². The monoisotopic (exact) mass is 268 g/mol. The first-order chi connectivity index (χ1) is 8.65. The number of hydrogen-bond acceptors (Lipinski definition) is 5. The highest BCUT2D eigenvalue weighted by atomic mass is 35.5. The summed E-state index contributed by atoms with van der Waals surface area (Å²) in [6.07, 6.45) is 3.51. The third-order valence-corrected chi connectivity index (χ3v) is 2.94. The number of aromatic nitrogens is 1. The van der Waals surface area contributed by atoms with Crippen LogP contribution in [0.4, 0.5) is 0 Å². The third kappa shape index (κ3) is 3.33. The summed E-state index contributed by atoms with van der Waals surface area (Å²) in [5.74, 6) is 0.571. The summed E-state index contributed by atoms with van der Waals surface area (Å²) >= 11 is 5.70. The molecule has 18 heavy (non-hydrogen) atoms. The topological polar surface area (TPSA) is 71.3 Å². The fourth-order valence-electron chi connectivity index (χ4n) is 1.83. The molecule has 1 aliphatic heterocycles. The molecule has 1 aromatic heterocycles. The standard InChI is InChI=1S/C11H13ClN4O2/c12-10-2-1-9(7-14-10)3-5-15-6-4-13-11(15)8-16(17)18/h1-2,7-8,13H,3-6H2/b11-8-. The number of rotatable bonds is 4. The van der Waals surface area contributed by atoms with Gasteiger partial charge >= 0.3 is 0 Å². The van der Waals surface area contributed by atoms with E-state index in [0.717, 1.165) is 37.8 Å². The fourth-order valence-corrected chi connectivity index (χ4v) is 1.94. The van der Waals surface area contributed by atoms with Crippen LogP contribution in [-0.4, -0.2) is 34.4 Å². The van der Waals surface area contributed by atoms with Gasteiger partial charge in [-0.1, -0.05) is 17.7 Å². The lowest BCUT2D eigenvalue weighted by molar-refractivity contribution is -0.404. The molecule has 1 fully saturated rings. The van der Waals surface area contributed by atoms with E-state index >= 15 is 0 Å². The van der Waals surface area contributed by atoms with E-state index in [1.54, 1.807) is 12.3 Å². The molecule has 1 aromatic rings. The predicted molar refractivity (Wildman–Crippen MR) is 67.6 cm³/mol. The minimum absolute atomic E-state index is 0.440. The highest BCUT2D eigenvalue weighted by molar-refractivity contribution is 6.29. The van der Waals surface area contributed by atoms with Crippen LogP contribution in [0.1, 0.15) is 5.56 Å². The molecule has 0 aliphatic carbocycles. The van der Waals surface area contributed by atoms with Gasteiger partial charge in [-0.05, 0) is 18.1 Å². The molecule has 2 rings (SSSR count). The van der Waals surface area contributed by atoms with Crippen LogP contribution in [0.3, 0.4) is 0 Å². The Morgan fingerprint density at radius 3 is 3.11 bits per heavy atom. The first kappa shape index (κ1) is 12.6. The maximum Gasteiger partial charge on any atom is 0.274 e. The Bertz CT molecular complexity index is 461. The Morgan fingerprint density at radius 1 is 1.61 bits per heavy atom. The van der Waals surface area contributed by atoms with Gasteiger partial charge in [0.2, 0.25) is 0 Å². The fraction of sp³-hybridized carbons (Fsp3) is 0.364. The Kier molecular flexibility index (Phi) is 3.99. The van der Waals surface area contributed by atoms with Crippen LogP contribution in [0.15, 0.2) is 30.4 Å². The zero-order valence-electron chi connectivity index (χ0n) is 9.67. The van der Waals surface area contributed by atoms with Gasteiger partial charge in [-0.25, -0.2) is 4.98 Å². The normalized spacial score (nSPS) is 16.9. The SMILES string of the molecule is O=[N+]([O-])/C=C1/NCCN1CCc1ccc(Cl)nc1. The zero-order chi connectivity index (χ0) is 13.0. The van der Waals surface area contributed by atoms with Crippen LogP contribution in [0.25, 0.3) is 0 Å². The van der Waals surface area contributed by atoms with E-state index in [-0.39, 0.29) is 0 Å². The molecule has 6 nitrogen and oxygen atoms in total. The summed E-state index contributed by atoms with van der Waals surface area (Å²) < 4.78 is 0. The number of pyridine rings is 1. The van der Waals surface area contributed by atoms with Gasteiger partial charge in [0.05, 0.1) is 4.92 Å². The molecule has 0 atom stereocenters. The number of halogens is 1. The highest BCUT2D eigenvalue weighted by Crippen LogP contribution is 2.10. The molecule has 0 aromatic carbocycles. The van der Waals surface area contributed by atoms with E-state index in [0.29, 0.717) is 11.0 Å². The lowest BCUT2D eigenvalue weighted by atomic mass is 10.2. The van der Waals surface area contributed by atoms with Gasteiger partial charge < -0.3 is 10.2 Å². The van der Waals surface area contributed by atoms with Gasteiger partial charge in [0.15, 0.2) is 5.82 Å². The number of hydrogen-bond donors (Lipinski definition) is 1. The van der Waals surface area contributed by atoms with Gasteiger partial charge in [0.25, 0.3) is 6.20 Å². The minimum atomic E-state index is -0.440. The second-order valence-electron chi connectivity index (χ2n) is 3.95. The van der Waals surface area contributed by atoms with Crippen LogP contribution >= 0.6 is 11.6 Å². The van der Waals surface area contributed by atoms with Gasteiger partial charge in [0, 0.05) is 25.8 Å². The van der Waals surface area contributed by atoms with Crippen molar-refractivity contribution in [3.05, 3.63) is 51.2 Å². The van der Waals surface area contributed by atoms with E-state index in [2.05, 4.69) is 10.3 Å². The van der Waals surface area contributed by atoms with Crippen molar-refractivity contribution in [2.45, 2.75) is 6.42 Å². The van der Waals surface area contributed by atoms with Crippen molar-refractivity contribution >= 4 is 11.6 Å². The molecular formula is C11H13ClN4O2. The molecule has 96 valence electrons. The summed E-state index contributed by atoms with van der Waals surface area (Å²) in [7, 11) is 0. The minimum Gasteiger partial charge on any atom is -0.365 e. The van der Waals surface area contributed by atoms with Crippen molar-refractivity contribution in [3.8, 4) is 0 Å². The van der Waals surface area contributed by atoms with Crippen LogP contribution in [0.2, 0.25) is 5.15 Å². The van der Waals surface area contributed by atoms with Gasteiger partial charge in [0.1, 0.15) is 5.15 Å². The van der Waals surface area contributed by atoms with Crippen molar-refractivity contribution in [2.75, 3.05) is 19.6 Å². The second-order valence-corrected chi connectivity index (χ2v) is 4.34. The molecule has 0 radical (unpaired) electrons. The summed E-state index contributed by atoms with van der Waals surface area (Å²) in [5, 5.41) is 13.9. The Morgan fingerprint density at radius 2 is 2.44 bits per heavy atom. The molecule has 0 bridgehead atoms. The van der Waals surface area contributed by atoms with Crippen molar-refractivity contribution < 1.29 is 4.92 Å². The average molecular weight is 269 g/mol.